The highest BCUT2D eigenvalue weighted by Gasteiger charge is 2.44. The maximum Gasteiger partial charge on any atom is 0.229 e. The van der Waals surface area contributed by atoms with E-state index in [4.69, 9.17) is 26.2 Å². The third-order valence-corrected chi connectivity index (χ3v) is 4.03. The first-order valence-corrected chi connectivity index (χ1v) is 8.05. The van der Waals surface area contributed by atoms with E-state index < -0.39 is 43.4 Å². The van der Waals surface area contributed by atoms with Crippen LogP contribution in [0.5, 0.6) is 5.75 Å². The minimum Gasteiger partial charge on any atom is -0.462 e. The van der Waals surface area contributed by atoms with Crippen LogP contribution in [0.1, 0.15) is 0 Å². The number of halogens is 1. The molecule has 24 heavy (non-hydrogen) atoms. The number of rotatable bonds is 7. The lowest BCUT2D eigenvalue weighted by molar-refractivity contribution is -0.277. The fourth-order valence-electron chi connectivity index (χ4n) is 2.24. The van der Waals surface area contributed by atoms with Crippen LogP contribution in [0.4, 0.5) is 5.69 Å². The van der Waals surface area contributed by atoms with Crippen LogP contribution in [-0.4, -0.2) is 81.4 Å². The summed E-state index contributed by atoms with van der Waals surface area (Å²) >= 11 is 5.51. The van der Waals surface area contributed by atoms with Gasteiger partial charge >= 0.3 is 0 Å². The topological polar surface area (TPSA) is 132 Å². The molecule has 0 aliphatic carbocycles. The van der Waals surface area contributed by atoms with Gasteiger partial charge in [-0.25, -0.2) is 0 Å². The summed E-state index contributed by atoms with van der Waals surface area (Å²) in [5.74, 6) is 0.494. The number of anilines is 1. The van der Waals surface area contributed by atoms with Crippen molar-refractivity contribution in [2.24, 2.45) is 0 Å². The highest BCUT2D eigenvalue weighted by atomic mass is 35.5. The van der Waals surface area contributed by atoms with Gasteiger partial charge in [0.15, 0.2) is 0 Å². The van der Waals surface area contributed by atoms with Crippen molar-refractivity contribution in [2.45, 2.75) is 36.8 Å². The molecule has 8 nitrogen and oxygen atoms in total. The number of hydrogen-bond acceptors (Lipinski definition) is 8. The van der Waals surface area contributed by atoms with E-state index in [2.05, 4.69) is 5.32 Å². The fourth-order valence-corrected chi connectivity index (χ4v) is 2.35. The van der Waals surface area contributed by atoms with E-state index in [1.165, 1.54) is 0 Å². The predicted octanol–water partition coefficient (Wildman–Crippen LogP) is -1.12. The van der Waals surface area contributed by atoms with E-state index in [9.17, 15) is 20.4 Å². The summed E-state index contributed by atoms with van der Waals surface area (Å²) in [5.41, 5.74) is 0.736. The molecule has 0 amide bonds. The molecule has 2 rings (SSSR count). The molecular weight excluding hydrogens is 342 g/mol. The molecule has 6 unspecified atom stereocenters. The van der Waals surface area contributed by atoms with Crippen molar-refractivity contribution < 1.29 is 35.0 Å². The van der Waals surface area contributed by atoms with Crippen molar-refractivity contribution in [1.29, 1.82) is 0 Å². The minimum atomic E-state index is -1.49. The number of aliphatic hydroxyl groups excluding tert-OH is 5. The summed E-state index contributed by atoms with van der Waals surface area (Å²) in [6.07, 6.45) is -7.27. The zero-order chi connectivity index (χ0) is 17.7. The third-order valence-electron chi connectivity index (χ3n) is 3.67. The average Bonchev–Trinajstić information content (AvgIpc) is 2.61. The van der Waals surface area contributed by atoms with Crippen LogP contribution >= 0.6 is 11.6 Å². The third kappa shape index (κ3) is 4.70. The largest absolute Gasteiger partial charge is 0.462 e. The molecular formula is C15H22ClNO7. The second kappa shape index (κ2) is 8.82. The van der Waals surface area contributed by atoms with Crippen molar-refractivity contribution in [1.82, 2.24) is 0 Å². The second-order valence-corrected chi connectivity index (χ2v) is 5.84. The van der Waals surface area contributed by atoms with Gasteiger partial charge in [0.1, 0.15) is 30.2 Å². The molecule has 1 aliphatic rings. The summed E-state index contributed by atoms with van der Waals surface area (Å²) < 4.78 is 10.7. The van der Waals surface area contributed by atoms with Crippen LogP contribution in [0, 0.1) is 0 Å². The van der Waals surface area contributed by atoms with Crippen LogP contribution in [0.15, 0.2) is 24.3 Å². The fraction of sp³-hybridized carbons (Fsp3) is 0.600. The molecule has 136 valence electrons. The van der Waals surface area contributed by atoms with Gasteiger partial charge in [-0.2, -0.15) is 0 Å². The number of nitrogens with one attached hydrogen (secondary N) is 1. The Labute approximate surface area is 144 Å². The maximum atomic E-state index is 9.92. The zero-order valence-electron chi connectivity index (χ0n) is 12.8. The number of hydrogen-bond donors (Lipinski definition) is 6. The molecule has 1 heterocycles. The first kappa shape index (κ1) is 19.2. The quantitative estimate of drug-likeness (QED) is 0.336. The summed E-state index contributed by atoms with van der Waals surface area (Å²) in [6, 6.07) is 6.61. The first-order chi connectivity index (χ1) is 11.5. The van der Waals surface area contributed by atoms with E-state index in [0.717, 1.165) is 5.69 Å². The SMILES string of the molecule is OCC1OC(Oc2ccc(NCC(O)CCl)cc2)C(O)C(O)C1O. The molecule has 0 radical (unpaired) electrons. The van der Waals surface area contributed by atoms with Gasteiger partial charge in [0, 0.05) is 12.2 Å². The Morgan fingerprint density at radius 3 is 2.38 bits per heavy atom. The molecule has 6 atom stereocenters. The molecule has 0 bridgehead atoms. The zero-order valence-corrected chi connectivity index (χ0v) is 13.6. The van der Waals surface area contributed by atoms with E-state index in [1.807, 2.05) is 0 Å². The van der Waals surface area contributed by atoms with Crippen LogP contribution in [0.3, 0.4) is 0 Å². The summed E-state index contributed by atoms with van der Waals surface area (Å²) in [4.78, 5) is 0. The summed E-state index contributed by atoms with van der Waals surface area (Å²) in [6.45, 7) is -0.215. The Morgan fingerprint density at radius 1 is 1.12 bits per heavy atom. The van der Waals surface area contributed by atoms with Gasteiger partial charge in [-0.15, -0.1) is 11.6 Å². The molecule has 6 N–H and O–H groups in total. The average molecular weight is 364 g/mol. The van der Waals surface area contributed by atoms with Crippen molar-refractivity contribution in [3.8, 4) is 5.75 Å². The standard InChI is InChI=1S/C15H22ClNO7/c16-5-9(19)6-17-8-1-3-10(4-2-8)23-15-14(22)13(21)12(20)11(7-18)24-15/h1-4,9,11-15,17-22H,5-7H2. The van der Waals surface area contributed by atoms with E-state index >= 15 is 0 Å². The first-order valence-electron chi connectivity index (χ1n) is 7.51. The highest BCUT2D eigenvalue weighted by molar-refractivity contribution is 6.18. The number of alkyl halides is 1. The number of ether oxygens (including phenoxy) is 2. The number of aliphatic hydroxyl groups is 5. The Balaban J connectivity index is 1.95. The molecule has 0 aromatic heterocycles. The van der Waals surface area contributed by atoms with Crippen LogP contribution in [-0.2, 0) is 4.74 Å². The van der Waals surface area contributed by atoms with Crippen molar-refractivity contribution in [3.63, 3.8) is 0 Å². The van der Waals surface area contributed by atoms with Crippen LogP contribution in [0.2, 0.25) is 0 Å². The molecule has 1 aromatic rings. The molecule has 0 saturated carbocycles. The monoisotopic (exact) mass is 363 g/mol. The van der Waals surface area contributed by atoms with E-state index in [-0.39, 0.29) is 5.88 Å². The van der Waals surface area contributed by atoms with Crippen LogP contribution in [0.25, 0.3) is 0 Å². The predicted molar refractivity (Wildman–Crippen MR) is 86.1 cm³/mol. The van der Waals surface area contributed by atoms with Gasteiger partial charge in [0.2, 0.25) is 6.29 Å². The molecule has 9 heteroatoms. The van der Waals surface area contributed by atoms with Crippen molar-refractivity contribution >= 4 is 17.3 Å². The van der Waals surface area contributed by atoms with Gasteiger partial charge in [-0.05, 0) is 24.3 Å². The van der Waals surface area contributed by atoms with Gasteiger partial charge in [0.25, 0.3) is 0 Å². The molecule has 1 aliphatic heterocycles. The summed E-state index contributed by atoms with van der Waals surface area (Å²) in [5, 5.41) is 50.9. The maximum absolute atomic E-state index is 9.92. The lowest BCUT2D eigenvalue weighted by Crippen LogP contribution is -2.60. The number of benzene rings is 1. The van der Waals surface area contributed by atoms with Crippen LogP contribution < -0.4 is 10.1 Å². The molecule has 1 fully saturated rings. The molecule has 0 spiro atoms. The second-order valence-electron chi connectivity index (χ2n) is 5.53. The Kier molecular flexibility index (Phi) is 7.05. The Hall–Kier alpha value is -1.13. The lowest BCUT2D eigenvalue weighted by atomic mass is 9.99. The van der Waals surface area contributed by atoms with Crippen molar-refractivity contribution in [2.75, 3.05) is 24.3 Å². The lowest BCUT2D eigenvalue weighted by Gasteiger charge is -2.39. The minimum absolute atomic E-state index is 0.130. The molecule has 1 saturated heterocycles. The van der Waals surface area contributed by atoms with Crippen molar-refractivity contribution in [3.05, 3.63) is 24.3 Å². The van der Waals surface area contributed by atoms with E-state index in [1.54, 1.807) is 24.3 Å². The van der Waals surface area contributed by atoms with Gasteiger partial charge in [0.05, 0.1) is 18.6 Å². The van der Waals surface area contributed by atoms with E-state index in [0.29, 0.717) is 12.3 Å². The smallest absolute Gasteiger partial charge is 0.229 e. The molecule has 1 aromatic carbocycles. The van der Waals surface area contributed by atoms with Gasteiger partial charge in [-0.3, -0.25) is 0 Å². The normalized spacial score (nSPS) is 31.5. The van der Waals surface area contributed by atoms with Gasteiger partial charge in [-0.1, -0.05) is 0 Å². The van der Waals surface area contributed by atoms with Gasteiger partial charge < -0.3 is 40.3 Å². The highest BCUT2D eigenvalue weighted by Crippen LogP contribution is 2.25. The Morgan fingerprint density at radius 2 is 1.79 bits per heavy atom. The summed E-state index contributed by atoms with van der Waals surface area (Å²) in [7, 11) is 0. The Bertz CT molecular complexity index is 501.